The number of ether oxygens (including phenoxy) is 1. The zero-order chi connectivity index (χ0) is 14.0. The van der Waals surface area contributed by atoms with Crippen LogP contribution in [0.15, 0.2) is 18.2 Å². The van der Waals surface area contributed by atoms with Crippen molar-refractivity contribution < 1.29 is 4.74 Å². The number of methoxy groups -OCH3 is 1. The predicted molar refractivity (Wildman–Crippen MR) is 80.9 cm³/mol. The third-order valence-corrected chi connectivity index (χ3v) is 4.25. The van der Waals surface area contributed by atoms with Crippen LogP contribution in [0.1, 0.15) is 51.6 Å². The average molecular weight is 262 g/mol. The smallest absolute Gasteiger partial charge is 0.125 e. The number of hydrogen-bond donors (Lipinski definition) is 1. The van der Waals surface area contributed by atoms with Gasteiger partial charge in [0.2, 0.25) is 0 Å². The van der Waals surface area contributed by atoms with Gasteiger partial charge in [0.05, 0.1) is 7.11 Å². The van der Waals surface area contributed by atoms with Gasteiger partial charge in [-0.15, -0.1) is 0 Å². The number of anilines is 1. The first-order valence-electron chi connectivity index (χ1n) is 7.30. The average Bonchev–Trinajstić information content (AvgIpc) is 2.78. The molecule has 1 heterocycles. The van der Waals surface area contributed by atoms with Gasteiger partial charge in [-0.3, -0.25) is 0 Å². The van der Waals surface area contributed by atoms with Gasteiger partial charge in [0.1, 0.15) is 5.75 Å². The maximum absolute atomic E-state index is 6.18. The molecule has 0 spiro atoms. The molecule has 106 valence electrons. The van der Waals surface area contributed by atoms with Crippen LogP contribution in [0.25, 0.3) is 0 Å². The van der Waals surface area contributed by atoms with Gasteiger partial charge >= 0.3 is 0 Å². The molecule has 0 bridgehead atoms. The molecule has 0 amide bonds. The highest BCUT2D eigenvalue weighted by Crippen LogP contribution is 2.39. The van der Waals surface area contributed by atoms with Crippen LogP contribution < -0.4 is 15.4 Å². The molecule has 2 rings (SSSR count). The first kappa shape index (κ1) is 14.2. The normalized spacial score (nSPS) is 24.6. The van der Waals surface area contributed by atoms with E-state index in [1.54, 1.807) is 7.11 Å². The molecule has 19 heavy (non-hydrogen) atoms. The van der Waals surface area contributed by atoms with Crippen molar-refractivity contribution in [2.45, 2.75) is 58.2 Å². The summed E-state index contributed by atoms with van der Waals surface area (Å²) >= 11 is 0. The molecule has 1 saturated heterocycles. The molecular formula is C16H26N2O. The van der Waals surface area contributed by atoms with Gasteiger partial charge in [0.15, 0.2) is 0 Å². The topological polar surface area (TPSA) is 38.5 Å². The Morgan fingerprint density at radius 2 is 2.16 bits per heavy atom. The SMILES string of the molecule is CCC1CCC(C)N1c1cccc(OC)c1C(C)N. The molecule has 3 atom stereocenters. The summed E-state index contributed by atoms with van der Waals surface area (Å²) in [5.74, 6) is 0.904. The van der Waals surface area contributed by atoms with E-state index in [2.05, 4.69) is 30.9 Å². The monoisotopic (exact) mass is 262 g/mol. The van der Waals surface area contributed by atoms with Crippen molar-refractivity contribution in [3.63, 3.8) is 0 Å². The molecule has 0 aromatic heterocycles. The van der Waals surface area contributed by atoms with Crippen molar-refractivity contribution in [2.75, 3.05) is 12.0 Å². The second kappa shape index (κ2) is 5.83. The van der Waals surface area contributed by atoms with Crippen LogP contribution >= 0.6 is 0 Å². The van der Waals surface area contributed by atoms with Crippen LogP contribution in [0.3, 0.4) is 0 Å². The van der Waals surface area contributed by atoms with E-state index < -0.39 is 0 Å². The number of rotatable bonds is 4. The Kier molecular flexibility index (Phi) is 4.35. The second-order valence-corrected chi connectivity index (χ2v) is 5.58. The van der Waals surface area contributed by atoms with Gasteiger partial charge in [-0.2, -0.15) is 0 Å². The fourth-order valence-corrected chi connectivity index (χ4v) is 3.30. The predicted octanol–water partition coefficient (Wildman–Crippen LogP) is 3.48. The lowest BCUT2D eigenvalue weighted by molar-refractivity contribution is 0.406. The number of benzene rings is 1. The number of hydrogen-bond acceptors (Lipinski definition) is 3. The molecule has 1 fully saturated rings. The van der Waals surface area contributed by atoms with Crippen molar-refractivity contribution in [3.05, 3.63) is 23.8 Å². The first-order valence-corrected chi connectivity index (χ1v) is 7.30. The van der Waals surface area contributed by atoms with E-state index in [4.69, 9.17) is 10.5 Å². The summed E-state index contributed by atoms with van der Waals surface area (Å²) in [6.07, 6.45) is 3.71. The summed E-state index contributed by atoms with van der Waals surface area (Å²) < 4.78 is 5.50. The quantitative estimate of drug-likeness (QED) is 0.902. The second-order valence-electron chi connectivity index (χ2n) is 5.58. The zero-order valence-electron chi connectivity index (χ0n) is 12.5. The Morgan fingerprint density at radius 3 is 2.74 bits per heavy atom. The number of nitrogens with zero attached hydrogens (tertiary/aromatic N) is 1. The summed E-state index contributed by atoms with van der Waals surface area (Å²) in [4.78, 5) is 2.54. The maximum Gasteiger partial charge on any atom is 0.125 e. The summed E-state index contributed by atoms with van der Waals surface area (Å²) in [5.41, 5.74) is 8.58. The lowest BCUT2D eigenvalue weighted by Crippen LogP contribution is -2.35. The van der Waals surface area contributed by atoms with Crippen LogP contribution in [0, 0.1) is 0 Å². The highest BCUT2D eigenvalue weighted by molar-refractivity contribution is 5.62. The van der Waals surface area contributed by atoms with Crippen molar-refractivity contribution >= 4 is 5.69 Å². The highest BCUT2D eigenvalue weighted by Gasteiger charge is 2.32. The Hall–Kier alpha value is -1.22. The summed E-state index contributed by atoms with van der Waals surface area (Å²) in [5, 5.41) is 0. The maximum atomic E-state index is 6.18. The lowest BCUT2D eigenvalue weighted by atomic mass is 10.0. The van der Waals surface area contributed by atoms with Gasteiger partial charge in [0, 0.05) is 29.4 Å². The number of nitrogens with two attached hydrogens (primary N) is 1. The molecule has 1 aliphatic rings. The Morgan fingerprint density at radius 1 is 1.42 bits per heavy atom. The third kappa shape index (κ3) is 2.57. The summed E-state index contributed by atoms with van der Waals surface area (Å²) in [7, 11) is 1.72. The van der Waals surface area contributed by atoms with Crippen molar-refractivity contribution in [2.24, 2.45) is 5.73 Å². The van der Waals surface area contributed by atoms with Crippen molar-refractivity contribution in [1.29, 1.82) is 0 Å². The zero-order valence-corrected chi connectivity index (χ0v) is 12.5. The van der Waals surface area contributed by atoms with E-state index in [1.807, 2.05) is 13.0 Å². The van der Waals surface area contributed by atoms with E-state index in [-0.39, 0.29) is 6.04 Å². The van der Waals surface area contributed by atoms with Gasteiger partial charge < -0.3 is 15.4 Å². The van der Waals surface area contributed by atoms with E-state index in [0.717, 1.165) is 11.3 Å². The van der Waals surface area contributed by atoms with Crippen LogP contribution in [0.2, 0.25) is 0 Å². The molecule has 1 aromatic carbocycles. The van der Waals surface area contributed by atoms with Gasteiger partial charge in [-0.1, -0.05) is 13.0 Å². The van der Waals surface area contributed by atoms with E-state index >= 15 is 0 Å². The largest absolute Gasteiger partial charge is 0.496 e. The van der Waals surface area contributed by atoms with E-state index in [1.165, 1.54) is 24.9 Å². The van der Waals surface area contributed by atoms with Crippen LogP contribution in [0.4, 0.5) is 5.69 Å². The fraction of sp³-hybridized carbons (Fsp3) is 0.625. The third-order valence-electron chi connectivity index (χ3n) is 4.25. The Balaban J connectivity index is 2.49. The van der Waals surface area contributed by atoms with Crippen LogP contribution in [0.5, 0.6) is 5.75 Å². The fourth-order valence-electron chi connectivity index (χ4n) is 3.30. The molecule has 3 unspecified atom stereocenters. The molecule has 0 saturated carbocycles. The van der Waals surface area contributed by atoms with Crippen molar-refractivity contribution in [3.8, 4) is 5.75 Å². The minimum Gasteiger partial charge on any atom is -0.496 e. The first-order chi connectivity index (χ1) is 9.10. The molecule has 0 radical (unpaired) electrons. The van der Waals surface area contributed by atoms with E-state index in [0.29, 0.717) is 12.1 Å². The highest BCUT2D eigenvalue weighted by atomic mass is 16.5. The summed E-state index contributed by atoms with van der Waals surface area (Å²) in [6, 6.07) is 7.44. The molecule has 0 aliphatic carbocycles. The minimum atomic E-state index is -0.0172. The molecule has 3 nitrogen and oxygen atoms in total. The molecule has 2 N–H and O–H groups in total. The van der Waals surface area contributed by atoms with Crippen LogP contribution in [-0.2, 0) is 0 Å². The van der Waals surface area contributed by atoms with Gasteiger partial charge in [-0.05, 0) is 45.2 Å². The Labute approximate surface area is 116 Å². The van der Waals surface area contributed by atoms with Gasteiger partial charge in [-0.25, -0.2) is 0 Å². The van der Waals surface area contributed by atoms with Crippen LogP contribution in [-0.4, -0.2) is 19.2 Å². The minimum absolute atomic E-state index is 0.0172. The van der Waals surface area contributed by atoms with Gasteiger partial charge in [0.25, 0.3) is 0 Å². The Bertz CT molecular complexity index is 431. The molecule has 1 aromatic rings. The lowest BCUT2D eigenvalue weighted by Gasteiger charge is -2.33. The molecular weight excluding hydrogens is 236 g/mol. The van der Waals surface area contributed by atoms with Crippen molar-refractivity contribution in [1.82, 2.24) is 0 Å². The molecule has 3 heteroatoms. The summed E-state index contributed by atoms with van der Waals surface area (Å²) in [6.45, 7) is 6.60. The van der Waals surface area contributed by atoms with E-state index in [9.17, 15) is 0 Å². The standard InChI is InChI=1S/C16H26N2O/c1-5-13-10-9-11(2)18(13)14-7-6-8-15(19-4)16(14)12(3)17/h6-8,11-13H,5,9-10,17H2,1-4H3. The molecule has 1 aliphatic heterocycles.